The Bertz CT molecular complexity index is 1130. The van der Waals surface area contributed by atoms with Crippen molar-refractivity contribution in [2.45, 2.75) is 24.8 Å². The standard InChI is InChI=1S/C21H18ClN5O3S/c1-13-9-14(2)25-21(24-13)31-12-15-3-6-17(7-4-15)20(28)26-23-11-16-5-8-18(22)19(10-16)27(29)30/h3-11H,12H2,1-2H3,(H,26,28)/b23-11+. The Kier molecular flexibility index (Phi) is 7.32. The van der Waals surface area contributed by atoms with Crippen molar-refractivity contribution in [3.63, 3.8) is 0 Å². The molecule has 1 amide bonds. The van der Waals surface area contributed by atoms with Crippen LogP contribution in [0.4, 0.5) is 5.69 Å². The average molecular weight is 456 g/mol. The zero-order valence-corrected chi connectivity index (χ0v) is 18.3. The van der Waals surface area contributed by atoms with Crippen LogP contribution < -0.4 is 5.43 Å². The minimum absolute atomic E-state index is 0.0357. The molecule has 8 nitrogen and oxygen atoms in total. The third-order valence-corrected chi connectivity index (χ3v) is 5.33. The van der Waals surface area contributed by atoms with Crippen LogP contribution in [0, 0.1) is 24.0 Å². The Morgan fingerprint density at radius 3 is 2.48 bits per heavy atom. The first-order valence-electron chi connectivity index (χ1n) is 9.13. The number of hydrogen-bond donors (Lipinski definition) is 1. The lowest BCUT2D eigenvalue weighted by Crippen LogP contribution is -2.17. The lowest BCUT2D eigenvalue weighted by molar-refractivity contribution is -0.384. The molecule has 0 unspecified atom stereocenters. The van der Waals surface area contributed by atoms with Gasteiger partial charge in [0.1, 0.15) is 5.02 Å². The van der Waals surface area contributed by atoms with Crippen molar-refractivity contribution in [1.82, 2.24) is 15.4 Å². The van der Waals surface area contributed by atoms with E-state index in [0.717, 1.165) is 22.1 Å². The average Bonchev–Trinajstić information content (AvgIpc) is 2.73. The highest BCUT2D eigenvalue weighted by Gasteiger charge is 2.12. The first-order chi connectivity index (χ1) is 14.8. The largest absolute Gasteiger partial charge is 0.288 e. The van der Waals surface area contributed by atoms with E-state index in [1.807, 2.05) is 32.0 Å². The minimum Gasteiger partial charge on any atom is -0.267 e. The number of amides is 1. The first-order valence-corrected chi connectivity index (χ1v) is 10.5. The van der Waals surface area contributed by atoms with Crippen molar-refractivity contribution in [2.75, 3.05) is 0 Å². The molecule has 0 bridgehead atoms. The molecule has 2 aromatic carbocycles. The molecule has 0 radical (unpaired) electrons. The zero-order valence-electron chi connectivity index (χ0n) is 16.7. The Labute approximate surface area is 187 Å². The van der Waals surface area contributed by atoms with Gasteiger partial charge >= 0.3 is 0 Å². The van der Waals surface area contributed by atoms with Gasteiger partial charge in [-0.15, -0.1) is 0 Å². The Morgan fingerprint density at radius 1 is 1.16 bits per heavy atom. The van der Waals surface area contributed by atoms with E-state index in [-0.39, 0.29) is 10.7 Å². The van der Waals surface area contributed by atoms with Crippen molar-refractivity contribution >= 4 is 41.2 Å². The number of nitro groups is 1. The zero-order chi connectivity index (χ0) is 22.4. The fourth-order valence-electron chi connectivity index (χ4n) is 2.64. The van der Waals surface area contributed by atoms with Crippen molar-refractivity contribution in [2.24, 2.45) is 5.10 Å². The highest BCUT2D eigenvalue weighted by molar-refractivity contribution is 7.98. The summed E-state index contributed by atoms with van der Waals surface area (Å²) in [6.07, 6.45) is 1.32. The summed E-state index contributed by atoms with van der Waals surface area (Å²) in [5.74, 6) is 0.287. The SMILES string of the molecule is Cc1cc(C)nc(SCc2ccc(C(=O)N/N=C/c3ccc(Cl)c([N+](=O)[O-])c3)cc2)n1. The molecule has 1 aromatic heterocycles. The number of rotatable bonds is 7. The number of nitrogens with one attached hydrogen (secondary N) is 1. The quantitative estimate of drug-likeness (QED) is 0.181. The molecule has 0 aliphatic rings. The van der Waals surface area contributed by atoms with Crippen molar-refractivity contribution in [3.8, 4) is 0 Å². The van der Waals surface area contributed by atoms with E-state index in [9.17, 15) is 14.9 Å². The van der Waals surface area contributed by atoms with Gasteiger partial charge in [-0.1, -0.05) is 41.6 Å². The molecule has 0 saturated heterocycles. The van der Waals surface area contributed by atoms with Crippen LogP contribution in [0.1, 0.15) is 32.9 Å². The summed E-state index contributed by atoms with van der Waals surface area (Å²) in [6, 6.07) is 13.3. The maximum absolute atomic E-state index is 12.3. The summed E-state index contributed by atoms with van der Waals surface area (Å²) < 4.78 is 0. The number of nitrogens with zero attached hydrogens (tertiary/aromatic N) is 4. The Balaban J connectivity index is 1.57. The highest BCUT2D eigenvalue weighted by Crippen LogP contribution is 2.24. The molecule has 158 valence electrons. The van der Waals surface area contributed by atoms with E-state index < -0.39 is 10.8 Å². The minimum atomic E-state index is -0.579. The lowest BCUT2D eigenvalue weighted by atomic mass is 10.1. The third-order valence-electron chi connectivity index (χ3n) is 4.09. The predicted octanol–water partition coefficient (Wildman–Crippen LogP) is 4.71. The van der Waals surface area contributed by atoms with Gasteiger partial charge in [0.2, 0.25) is 0 Å². The number of benzene rings is 2. The number of carbonyl (C=O) groups is 1. The smallest absolute Gasteiger partial charge is 0.267 e. The van der Waals surface area contributed by atoms with Crippen LogP contribution >= 0.6 is 23.4 Å². The number of aromatic nitrogens is 2. The number of nitro benzene ring substituents is 1. The molecule has 0 saturated carbocycles. The van der Waals surface area contributed by atoms with E-state index in [1.54, 1.807) is 18.2 Å². The second kappa shape index (κ2) is 10.1. The number of carbonyl (C=O) groups excluding carboxylic acids is 1. The van der Waals surface area contributed by atoms with Gasteiger partial charge in [-0.3, -0.25) is 14.9 Å². The van der Waals surface area contributed by atoms with Gasteiger partial charge in [0, 0.05) is 34.3 Å². The van der Waals surface area contributed by atoms with E-state index in [2.05, 4.69) is 20.5 Å². The molecule has 10 heteroatoms. The Hall–Kier alpha value is -3.30. The molecule has 0 spiro atoms. The van der Waals surface area contributed by atoms with Crippen molar-refractivity contribution in [1.29, 1.82) is 0 Å². The van der Waals surface area contributed by atoms with E-state index in [1.165, 1.54) is 30.1 Å². The van der Waals surface area contributed by atoms with Crippen LogP contribution in [0.5, 0.6) is 0 Å². The normalized spacial score (nSPS) is 10.9. The molecular formula is C21H18ClN5O3S. The number of halogens is 1. The fourth-order valence-corrected chi connectivity index (χ4v) is 3.73. The van der Waals surface area contributed by atoms with E-state index in [4.69, 9.17) is 11.6 Å². The van der Waals surface area contributed by atoms with E-state index in [0.29, 0.717) is 16.9 Å². The Morgan fingerprint density at radius 2 is 1.84 bits per heavy atom. The van der Waals surface area contributed by atoms with Crippen LogP contribution in [0.2, 0.25) is 5.02 Å². The second-order valence-corrected chi connectivity index (χ2v) is 7.94. The number of hydrazone groups is 1. The highest BCUT2D eigenvalue weighted by atomic mass is 35.5. The van der Waals surface area contributed by atoms with Crippen LogP contribution in [-0.2, 0) is 5.75 Å². The maximum Gasteiger partial charge on any atom is 0.288 e. The molecule has 0 aliphatic carbocycles. The summed E-state index contributed by atoms with van der Waals surface area (Å²) in [6.45, 7) is 3.87. The fraction of sp³-hybridized carbons (Fsp3) is 0.143. The number of aryl methyl sites for hydroxylation is 2. The molecule has 0 aliphatic heterocycles. The number of thioether (sulfide) groups is 1. The topological polar surface area (TPSA) is 110 Å². The number of hydrogen-bond acceptors (Lipinski definition) is 7. The summed E-state index contributed by atoms with van der Waals surface area (Å²) >= 11 is 7.30. The molecule has 1 N–H and O–H groups in total. The molecule has 0 fully saturated rings. The summed E-state index contributed by atoms with van der Waals surface area (Å²) in [4.78, 5) is 31.4. The first kappa shape index (κ1) is 22.4. The molecule has 3 aromatic rings. The molecular weight excluding hydrogens is 438 g/mol. The van der Waals surface area contributed by atoms with Crippen molar-refractivity contribution < 1.29 is 9.72 Å². The second-order valence-electron chi connectivity index (χ2n) is 6.59. The molecule has 0 atom stereocenters. The lowest BCUT2D eigenvalue weighted by Gasteiger charge is -2.05. The summed E-state index contributed by atoms with van der Waals surface area (Å²) in [5.41, 5.74) is 5.94. The van der Waals surface area contributed by atoms with Crippen LogP contribution in [0.25, 0.3) is 0 Å². The third kappa shape index (κ3) is 6.34. The van der Waals surface area contributed by atoms with Gasteiger partial charge < -0.3 is 0 Å². The maximum atomic E-state index is 12.3. The van der Waals surface area contributed by atoms with Gasteiger partial charge in [0.05, 0.1) is 11.1 Å². The van der Waals surface area contributed by atoms with E-state index >= 15 is 0 Å². The predicted molar refractivity (Wildman–Crippen MR) is 121 cm³/mol. The molecule has 31 heavy (non-hydrogen) atoms. The van der Waals surface area contributed by atoms with Crippen LogP contribution in [0.3, 0.4) is 0 Å². The van der Waals surface area contributed by atoms with Crippen LogP contribution in [-0.4, -0.2) is 27.0 Å². The molecule has 3 rings (SSSR count). The summed E-state index contributed by atoms with van der Waals surface area (Å²) in [7, 11) is 0. The van der Waals surface area contributed by atoms with Gasteiger partial charge in [0.25, 0.3) is 11.6 Å². The van der Waals surface area contributed by atoms with Gasteiger partial charge in [-0.05, 0) is 43.7 Å². The van der Waals surface area contributed by atoms with Gasteiger partial charge in [0.15, 0.2) is 5.16 Å². The van der Waals surface area contributed by atoms with Crippen molar-refractivity contribution in [3.05, 3.63) is 91.7 Å². The van der Waals surface area contributed by atoms with Gasteiger partial charge in [-0.25, -0.2) is 15.4 Å². The summed E-state index contributed by atoms with van der Waals surface area (Å²) in [5, 5.41) is 15.5. The monoisotopic (exact) mass is 455 g/mol. The molecule has 1 heterocycles. The van der Waals surface area contributed by atoms with Crippen LogP contribution in [0.15, 0.2) is 58.8 Å². The van der Waals surface area contributed by atoms with Gasteiger partial charge in [-0.2, -0.15) is 5.10 Å².